The molecule has 1 aromatic heterocycles. The molecule has 3 N–H and O–H groups in total. The molecule has 1 amide bonds. The molecule has 1 aromatic rings. The first-order chi connectivity index (χ1) is 9.06. The van der Waals surface area contributed by atoms with E-state index in [1.165, 1.54) is 11.3 Å². The second-order valence-electron chi connectivity index (χ2n) is 4.70. The Labute approximate surface area is 115 Å². The van der Waals surface area contributed by atoms with Crippen LogP contribution in [0.25, 0.3) is 0 Å². The van der Waals surface area contributed by atoms with Crippen molar-refractivity contribution < 1.29 is 14.7 Å². The summed E-state index contributed by atoms with van der Waals surface area (Å²) in [5.74, 6) is -1.18. The van der Waals surface area contributed by atoms with Crippen molar-refractivity contribution in [3.8, 4) is 0 Å². The van der Waals surface area contributed by atoms with Crippen LogP contribution in [0.5, 0.6) is 0 Å². The van der Waals surface area contributed by atoms with Crippen molar-refractivity contribution in [3.05, 3.63) is 16.1 Å². The van der Waals surface area contributed by atoms with Gasteiger partial charge in [0.25, 0.3) is 0 Å². The fraction of sp³-hybridized carbons (Fsp3) is 0.583. The van der Waals surface area contributed by atoms with E-state index in [1.807, 2.05) is 0 Å². The van der Waals surface area contributed by atoms with E-state index in [0.29, 0.717) is 0 Å². The van der Waals surface area contributed by atoms with Gasteiger partial charge in [-0.3, -0.25) is 4.79 Å². The van der Waals surface area contributed by atoms with E-state index in [2.05, 4.69) is 9.88 Å². The van der Waals surface area contributed by atoms with Gasteiger partial charge in [0.1, 0.15) is 0 Å². The van der Waals surface area contributed by atoms with Gasteiger partial charge in [0, 0.05) is 24.3 Å². The highest BCUT2D eigenvalue weighted by Gasteiger charge is 2.22. The average molecular weight is 283 g/mol. The molecule has 0 saturated carbocycles. The largest absolute Gasteiger partial charge is 0.476 e. The molecule has 104 valence electrons. The molecule has 0 aromatic carbocycles. The standard InChI is InChI=1S/C12H17N3O3S/c13-11(16)8-1-4-15(5-2-8)6-3-10-14-9(7-19-10)12(17)18/h7-8H,1-6H2,(H2,13,16)(H,17,18). The molecule has 1 fully saturated rings. The van der Waals surface area contributed by atoms with Crippen LogP contribution >= 0.6 is 11.3 Å². The predicted octanol–water partition coefficient (Wildman–Crippen LogP) is 0.581. The van der Waals surface area contributed by atoms with Crippen LogP contribution < -0.4 is 5.73 Å². The fourth-order valence-corrected chi connectivity index (χ4v) is 2.98. The van der Waals surface area contributed by atoms with Crippen LogP contribution in [0.15, 0.2) is 5.38 Å². The molecule has 1 saturated heterocycles. The van der Waals surface area contributed by atoms with Crippen molar-refractivity contribution in [1.29, 1.82) is 0 Å². The summed E-state index contributed by atoms with van der Waals surface area (Å²) in [6, 6.07) is 0. The molecular formula is C12H17N3O3S. The van der Waals surface area contributed by atoms with Crippen molar-refractivity contribution in [2.75, 3.05) is 19.6 Å². The number of carbonyl (C=O) groups is 2. The second-order valence-corrected chi connectivity index (χ2v) is 5.64. The van der Waals surface area contributed by atoms with Gasteiger partial charge < -0.3 is 15.7 Å². The van der Waals surface area contributed by atoms with Gasteiger partial charge in [-0.2, -0.15) is 0 Å². The summed E-state index contributed by atoms with van der Waals surface area (Å²) >= 11 is 1.38. The van der Waals surface area contributed by atoms with Gasteiger partial charge >= 0.3 is 5.97 Å². The molecule has 0 bridgehead atoms. The van der Waals surface area contributed by atoms with Gasteiger partial charge in [-0.1, -0.05) is 0 Å². The molecule has 19 heavy (non-hydrogen) atoms. The Balaban J connectivity index is 1.77. The maximum Gasteiger partial charge on any atom is 0.355 e. The maximum absolute atomic E-state index is 11.0. The molecule has 1 aliphatic heterocycles. The molecule has 1 aliphatic rings. The van der Waals surface area contributed by atoms with Crippen LogP contribution in [0, 0.1) is 5.92 Å². The number of carbonyl (C=O) groups excluding carboxylic acids is 1. The highest BCUT2D eigenvalue weighted by Crippen LogP contribution is 2.17. The third kappa shape index (κ3) is 3.74. The summed E-state index contributed by atoms with van der Waals surface area (Å²) in [6.45, 7) is 2.58. The molecule has 6 nitrogen and oxygen atoms in total. The Kier molecular flexibility index (Phi) is 4.49. The fourth-order valence-electron chi connectivity index (χ4n) is 2.22. The summed E-state index contributed by atoms with van der Waals surface area (Å²) < 4.78 is 0. The third-order valence-corrected chi connectivity index (χ3v) is 4.31. The number of primary amides is 1. The minimum Gasteiger partial charge on any atom is -0.476 e. The number of nitrogens with two attached hydrogens (primary N) is 1. The highest BCUT2D eigenvalue weighted by atomic mass is 32.1. The zero-order chi connectivity index (χ0) is 13.8. The van der Waals surface area contributed by atoms with Gasteiger partial charge in [0.2, 0.25) is 5.91 Å². The number of nitrogens with zero attached hydrogens (tertiary/aromatic N) is 2. The smallest absolute Gasteiger partial charge is 0.355 e. The molecule has 2 heterocycles. The monoisotopic (exact) mass is 283 g/mol. The zero-order valence-corrected chi connectivity index (χ0v) is 11.4. The Morgan fingerprint density at radius 3 is 2.68 bits per heavy atom. The summed E-state index contributed by atoms with van der Waals surface area (Å²) in [5.41, 5.74) is 5.41. The van der Waals surface area contributed by atoms with E-state index in [0.717, 1.165) is 43.9 Å². The second kappa shape index (κ2) is 6.12. The Hall–Kier alpha value is -1.47. The quantitative estimate of drug-likeness (QED) is 0.824. The maximum atomic E-state index is 11.0. The van der Waals surface area contributed by atoms with Crippen LogP contribution in [0.2, 0.25) is 0 Å². The summed E-state index contributed by atoms with van der Waals surface area (Å²) in [7, 11) is 0. The minimum absolute atomic E-state index is 0.00901. The van der Waals surface area contributed by atoms with Gasteiger partial charge in [0.15, 0.2) is 5.69 Å². The molecule has 0 radical (unpaired) electrons. The SMILES string of the molecule is NC(=O)C1CCN(CCc2nc(C(=O)O)cs2)CC1. The lowest BCUT2D eigenvalue weighted by Crippen LogP contribution is -2.39. The number of hydrogen-bond donors (Lipinski definition) is 2. The lowest BCUT2D eigenvalue weighted by atomic mass is 9.96. The van der Waals surface area contributed by atoms with Crippen LogP contribution in [0.4, 0.5) is 0 Å². The zero-order valence-electron chi connectivity index (χ0n) is 10.5. The van der Waals surface area contributed by atoms with Crippen LogP contribution in [-0.4, -0.2) is 46.5 Å². The minimum atomic E-state index is -0.982. The van der Waals surface area contributed by atoms with Crippen molar-refractivity contribution in [3.63, 3.8) is 0 Å². The predicted molar refractivity (Wildman–Crippen MR) is 71.1 cm³/mol. The summed E-state index contributed by atoms with van der Waals surface area (Å²) in [5, 5.41) is 11.2. The normalized spacial score (nSPS) is 17.5. The topological polar surface area (TPSA) is 96.5 Å². The number of hydrogen-bond acceptors (Lipinski definition) is 5. The van der Waals surface area contributed by atoms with Gasteiger partial charge in [0.05, 0.1) is 5.01 Å². The van der Waals surface area contributed by atoms with Crippen molar-refractivity contribution in [1.82, 2.24) is 9.88 Å². The first kappa shape index (κ1) is 14.0. The number of piperidine rings is 1. The summed E-state index contributed by atoms with van der Waals surface area (Å²) in [6.07, 6.45) is 2.38. The van der Waals surface area contributed by atoms with Crippen molar-refractivity contribution in [2.24, 2.45) is 11.7 Å². The lowest BCUT2D eigenvalue weighted by molar-refractivity contribution is -0.123. The van der Waals surface area contributed by atoms with E-state index < -0.39 is 5.97 Å². The van der Waals surface area contributed by atoms with Gasteiger partial charge in [-0.15, -0.1) is 11.3 Å². The van der Waals surface area contributed by atoms with E-state index >= 15 is 0 Å². The Bertz CT molecular complexity index is 467. The number of thiazole rings is 1. The number of likely N-dealkylation sites (tertiary alicyclic amines) is 1. The van der Waals surface area contributed by atoms with Crippen molar-refractivity contribution in [2.45, 2.75) is 19.3 Å². The van der Waals surface area contributed by atoms with E-state index in [9.17, 15) is 9.59 Å². The first-order valence-electron chi connectivity index (χ1n) is 6.25. The molecule has 0 atom stereocenters. The van der Waals surface area contributed by atoms with E-state index in [4.69, 9.17) is 10.8 Å². The lowest BCUT2D eigenvalue weighted by Gasteiger charge is -2.30. The number of carboxylic acids is 1. The van der Waals surface area contributed by atoms with Crippen LogP contribution in [0.1, 0.15) is 28.3 Å². The Morgan fingerprint density at radius 2 is 2.16 bits per heavy atom. The number of aromatic nitrogens is 1. The number of aromatic carboxylic acids is 1. The third-order valence-electron chi connectivity index (χ3n) is 3.40. The Morgan fingerprint density at radius 1 is 1.47 bits per heavy atom. The average Bonchev–Trinajstić information content (AvgIpc) is 2.86. The molecule has 2 rings (SSSR count). The molecular weight excluding hydrogens is 266 g/mol. The van der Waals surface area contributed by atoms with Crippen molar-refractivity contribution >= 4 is 23.2 Å². The molecule has 0 aliphatic carbocycles. The van der Waals surface area contributed by atoms with Crippen LogP contribution in [0.3, 0.4) is 0 Å². The van der Waals surface area contributed by atoms with Gasteiger partial charge in [-0.05, 0) is 25.9 Å². The highest BCUT2D eigenvalue weighted by molar-refractivity contribution is 7.09. The molecule has 7 heteroatoms. The summed E-state index contributed by atoms with van der Waals surface area (Å²) in [4.78, 5) is 28.1. The number of amides is 1. The van der Waals surface area contributed by atoms with E-state index in [1.54, 1.807) is 5.38 Å². The number of rotatable bonds is 5. The number of carboxylic acid groups (broad SMARTS) is 1. The molecule has 0 spiro atoms. The molecule has 0 unspecified atom stereocenters. The van der Waals surface area contributed by atoms with Gasteiger partial charge in [-0.25, -0.2) is 9.78 Å². The van der Waals surface area contributed by atoms with E-state index in [-0.39, 0.29) is 17.5 Å². The first-order valence-corrected chi connectivity index (χ1v) is 7.13. The van der Waals surface area contributed by atoms with Crippen LogP contribution in [-0.2, 0) is 11.2 Å².